The maximum atomic E-state index is 11.4. The van der Waals surface area contributed by atoms with E-state index in [-0.39, 0.29) is 11.9 Å². The Morgan fingerprint density at radius 3 is 3.00 bits per heavy atom. The molecule has 2 aromatic heterocycles. The van der Waals surface area contributed by atoms with Gasteiger partial charge in [0.25, 0.3) is 0 Å². The van der Waals surface area contributed by atoms with Gasteiger partial charge in [-0.15, -0.1) is 0 Å². The van der Waals surface area contributed by atoms with Crippen molar-refractivity contribution in [2.75, 3.05) is 13.1 Å². The third kappa shape index (κ3) is 3.41. The number of likely N-dealkylation sites (tertiary alicyclic amines) is 1. The van der Waals surface area contributed by atoms with Gasteiger partial charge in [0, 0.05) is 31.5 Å². The molecule has 1 fully saturated rings. The van der Waals surface area contributed by atoms with E-state index in [9.17, 15) is 4.79 Å². The first-order valence-corrected chi connectivity index (χ1v) is 6.80. The van der Waals surface area contributed by atoms with Crippen molar-refractivity contribution in [3.8, 4) is 11.5 Å². The Hall–Kier alpha value is -2.34. The highest BCUT2D eigenvalue weighted by Gasteiger charge is 2.24. The standard InChI is InChI=1S/C15H16N2O4/c18-14-7-13(20-10-15(14)19)9-17-6-3-12(8-17)21-11-1-4-16-5-2-11/h1-2,4-5,7,10,12,19H,3,6,8-9H2/t12-/m0/s1. The Morgan fingerprint density at radius 2 is 2.24 bits per heavy atom. The summed E-state index contributed by atoms with van der Waals surface area (Å²) in [5.74, 6) is 0.995. The van der Waals surface area contributed by atoms with Gasteiger partial charge in [0.15, 0.2) is 5.75 Å². The van der Waals surface area contributed by atoms with Gasteiger partial charge in [0.1, 0.15) is 23.9 Å². The van der Waals surface area contributed by atoms with Gasteiger partial charge in [0.2, 0.25) is 5.43 Å². The zero-order chi connectivity index (χ0) is 14.7. The van der Waals surface area contributed by atoms with Crippen LogP contribution in [0.5, 0.6) is 11.5 Å². The minimum Gasteiger partial charge on any atom is -0.502 e. The monoisotopic (exact) mass is 288 g/mol. The predicted molar refractivity (Wildman–Crippen MR) is 75.2 cm³/mol. The molecule has 21 heavy (non-hydrogen) atoms. The second kappa shape index (κ2) is 5.97. The van der Waals surface area contributed by atoms with E-state index < -0.39 is 5.43 Å². The largest absolute Gasteiger partial charge is 0.502 e. The zero-order valence-corrected chi connectivity index (χ0v) is 11.4. The van der Waals surface area contributed by atoms with E-state index in [1.807, 2.05) is 12.1 Å². The Balaban J connectivity index is 1.57. The van der Waals surface area contributed by atoms with Gasteiger partial charge in [-0.1, -0.05) is 0 Å². The van der Waals surface area contributed by atoms with Crippen molar-refractivity contribution >= 4 is 0 Å². The maximum Gasteiger partial charge on any atom is 0.226 e. The predicted octanol–water partition coefficient (Wildman–Crippen LogP) is 1.39. The van der Waals surface area contributed by atoms with Crippen LogP contribution in [0.4, 0.5) is 0 Å². The van der Waals surface area contributed by atoms with Crippen molar-refractivity contribution in [2.24, 2.45) is 0 Å². The topological polar surface area (TPSA) is 75.8 Å². The number of aromatic hydroxyl groups is 1. The average Bonchev–Trinajstić information content (AvgIpc) is 2.91. The fraction of sp³-hybridized carbons (Fsp3) is 0.333. The summed E-state index contributed by atoms with van der Waals surface area (Å²) in [7, 11) is 0. The molecule has 1 atom stereocenters. The lowest BCUT2D eigenvalue weighted by Crippen LogP contribution is -2.24. The molecular formula is C15H16N2O4. The van der Waals surface area contributed by atoms with Crippen LogP contribution in [0.1, 0.15) is 12.2 Å². The molecule has 6 heteroatoms. The maximum absolute atomic E-state index is 11.4. The van der Waals surface area contributed by atoms with Crippen LogP contribution in [0.25, 0.3) is 0 Å². The molecule has 3 heterocycles. The number of hydrogen-bond donors (Lipinski definition) is 1. The Kier molecular flexibility index (Phi) is 3.87. The van der Waals surface area contributed by atoms with Crippen molar-refractivity contribution < 1.29 is 14.3 Å². The van der Waals surface area contributed by atoms with Gasteiger partial charge < -0.3 is 14.3 Å². The van der Waals surface area contributed by atoms with E-state index in [4.69, 9.17) is 14.3 Å². The van der Waals surface area contributed by atoms with Crippen LogP contribution in [0, 0.1) is 0 Å². The van der Waals surface area contributed by atoms with Crippen LogP contribution in [0.15, 0.2) is 46.1 Å². The molecule has 1 aliphatic heterocycles. The normalized spacial score (nSPS) is 18.8. The molecular weight excluding hydrogens is 272 g/mol. The fourth-order valence-electron chi connectivity index (χ4n) is 2.39. The third-order valence-corrected chi connectivity index (χ3v) is 3.43. The minimum atomic E-state index is -0.417. The van der Waals surface area contributed by atoms with E-state index in [1.54, 1.807) is 12.4 Å². The van der Waals surface area contributed by atoms with Crippen molar-refractivity contribution in [2.45, 2.75) is 19.1 Å². The number of pyridine rings is 1. The summed E-state index contributed by atoms with van der Waals surface area (Å²) < 4.78 is 11.1. The molecule has 0 spiro atoms. The first-order chi connectivity index (χ1) is 10.2. The second-order valence-electron chi connectivity index (χ2n) is 5.04. The van der Waals surface area contributed by atoms with Crippen LogP contribution < -0.4 is 10.2 Å². The smallest absolute Gasteiger partial charge is 0.226 e. The quantitative estimate of drug-likeness (QED) is 0.916. The summed E-state index contributed by atoms with van der Waals surface area (Å²) in [5, 5.41) is 9.17. The van der Waals surface area contributed by atoms with Crippen LogP contribution in [0.3, 0.4) is 0 Å². The lowest BCUT2D eigenvalue weighted by Gasteiger charge is -2.16. The van der Waals surface area contributed by atoms with Crippen molar-refractivity contribution in [3.05, 3.63) is 52.8 Å². The summed E-state index contributed by atoms with van der Waals surface area (Å²) >= 11 is 0. The molecule has 0 saturated carbocycles. The summed E-state index contributed by atoms with van der Waals surface area (Å²) in [6, 6.07) is 5.00. The van der Waals surface area contributed by atoms with Crippen molar-refractivity contribution in [1.29, 1.82) is 0 Å². The molecule has 1 aliphatic rings. The van der Waals surface area contributed by atoms with Crippen LogP contribution in [-0.2, 0) is 6.54 Å². The SMILES string of the molecule is O=c1cc(CN2CC[C@H](Oc3ccncc3)C2)occ1O. The zero-order valence-electron chi connectivity index (χ0n) is 11.4. The van der Waals surface area contributed by atoms with Gasteiger partial charge in [-0.2, -0.15) is 0 Å². The van der Waals surface area contributed by atoms with Gasteiger partial charge in [-0.3, -0.25) is 14.7 Å². The van der Waals surface area contributed by atoms with E-state index in [0.29, 0.717) is 12.3 Å². The Labute approximate surface area is 121 Å². The van der Waals surface area contributed by atoms with Gasteiger partial charge in [0.05, 0.1) is 6.54 Å². The number of ether oxygens (including phenoxy) is 1. The number of nitrogens with zero attached hydrogens (tertiary/aromatic N) is 2. The number of rotatable bonds is 4. The lowest BCUT2D eigenvalue weighted by molar-refractivity contribution is 0.193. The average molecular weight is 288 g/mol. The van der Waals surface area contributed by atoms with Crippen LogP contribution in [0.2, 0.25) is 0 Å². The highest BCUT2D eigenvalue weighted by molar-refractivity contribution is 5.18. The highest BCUT2D eigenvalue weighted by Crippen LogP contribution is 2.19. The first kappa shape index (κ1) is 13.6. The summed E-state index contributed by atoms with van der Waals surface area (Å²) in [4.78, 5) is 17.5. The van der Waals surface area contributed by atoms with Crippen LogP contribution in [-0.4, -0.2) is 34.2 Å². The highest BCUT2D eigenvalue weighted by atomic mass is 16.5. The molecule has 0 amide bonds. The van der Waals surface area contributed by atoms with E-state index in [0.717, 1.165) is 31.5 Å². The molecule has 0 unspecified atom stereocenters. The molecule has 1 saturated heterocycles. The molecule has 6 nitrogen and oxygen atoms in total. The number of aromatic nitrogens is 1. The van der Waals surface area contributed by atoms with Crippen molar-refractivity contribution in [1.82, 2.24) is 9.88 Å². The molecule has 1 N–H and O–H groups in total. The second-order valence-corrected chi connectivity index (χ2v) is 5.04. The minimum absolute atomic E-state index is 0.122. The Morgan fingerprint density at radius 1 is 1.43 bits per heavy atom. The first-order valence-electron chi connectivity index (χ1n) is 6.80. The third-order valence-electron chi connectivity index (χ3n) is 3.43. The summed E-state index contributed by atoms with van der Waals surface area (Å²) in [6.45, 7) is 2.18. The van der Waals surface area contributed by atoms with Crippen molar-refractivity contribution in [3.63, 3.8) is 0 Å². The van der Waals surface area contributed by atoms with E-state index in [2.05, 4.69) is 9.88 Å². The van der Waals surface area contributed by atoms with Crippen LogP contribution >= 0.6 is 0 Å². The molecule has 110 valence electrons. The van der Waals surface area contributed by atoms with Gasteiger partial charge in [-0.05, 0) is 18.6 Å². The lowest BCUT2D eigenvalue weighted by atomic mass is 10.3. The van der Waals surface area contributed by atoms with Gasteiger partial charge in [-0.25, -0.2) is 0 Å². The number of hydrogen-bond acceptors (Lipinski definition) is 6. The molecule has 0 bridgehead atoms. The molecule has 3 rings (SSSR count). The summed E-state index contributed by atoms with van der Waals surface area (Å²) in [6.07, 6.45) is 5.53. The fourth-order valence-corrected chi connectivity index (χ4v) is 2.39. The molecule has 0 aromatic carbocycles. The summed E-state index contributed by atoms with van der Waals surface area (Å²) in [5.41, 5.74) is -0.417. The molecule has 0 aliphatic carbocycles. The molecule has 2 aromatic rings. The van der Waals surface area contributed by atoms with E-state index in [1.165, 1.54) is 6.07 Å². The Bertz CT molecular complexity index is 656. The molecule has 0 radical (unpaired) electrons. The van der Waals surface area contributed by atoms with E-state index >= 15 is 0 Å². The van der Waals surface area contributed by atoms with Gasteiger partial charge >= 0.3 is 0 Å².